The SMILES string of the molecule is CC.CC.Cc1ccc2ccccc2c1.Cc1ccccc1.Cc1cccnc1. The first-order valence-electron chi connectivity index (χ1n) is 10.5. The van der Waals surface area contributed by atoms with Gasteiger partial charge in [0.2, 0.25) is 0 Å². The fourth-order valence-corrected chi connectivity index (χ4v) is 2.29. The molecule has 4 rings (SSSR count). The molecule has 0 amide bonds. The Kier molecular flexibility index (Phi) is 15.5. The van der Waals surface area contributed by atoms with Crippen molar-refractivity contribution in [3.63, 3.8) is 0 Å². The Hall–Kier alpha value is -2.93. The molecule has 0 unspecified atom stereocenters. The minimum Gasteiger partial charge on any atom is -0.264 e. The van der Waals surface area contributed by atoms with Gasteiger partial charge in [0.05, 0.1) is 0 Å². The summed E-state index contributed by atoms with van der Waals surface area (Å²) in [5.41, 5.74) is 3.86. The van der Waals surface area contributed by atoms with Gasteiger partial charge < -0.3 is 0 Å². The van der Waals surface area contributed by atoms with Gasteiger partial charge in [-0.05, 0) is 43.2 Å². The molecule has 0 aliphatic heterocycles. The zero-order valence-corrected chi connectivity index (χ0v) is 19.2. The quantitative estimate of drug-likeness (QED) is 0.294. The van der Waals surface area contributed by atoms with Gasteiger partial charge in [-0.1, -0.05) is 118 Å². The summed E-state index contributed by atoms with van der Waals surface area (Å²) >= 11 is 0. The number of pyridine rings is 1. The fraction of sp³-hybridized carbons (Fsp3) is 0.250. The largest absolute Gasteiger partial charge is 0.264 e. The topological polar surface area (TPSA) is 12.9 Å². The van der Waals surface area contributed by atoms with Crippen LogP contribution < -0.4 is 0 Å². The van der Waals surface area contributed by atoms with Crippen molar-refractivity contribution in [2.75, 3.05) is 0 Å². The van der Waals surface area contributed by atoms with Gasteiger partial charge >= 0.3 is 0 Å². The highest BCUT2D eigenvalue weighted by Gasteiger charge is 1.89. The Balaban J connectivity index is 0.000000386. The Morgan fingerprint density at radius 3 is 1.48 bits per heavy atom. The smallest absolute Gasteiger partial charge is 0.0297 e. The zero-order chi connectivity index (χ0) is 21.9. The van der Waals surface area contributed by atoms with Crippen molar-refractivity contribution in [3.8, 4) is 0 Å². The van der Waals surface area contributed by atoms with Gasteiger partial charge in [-0.2, -0.15) is 0 Å². The maximum atomic E-state index is 3.88. The summed E-state index contributed by atoms with van der Waals surface area (Å²) in [6, 6.07) is 29.1. The molecular formula is C28H37N. The Labute approximate surface area is 178 Å². The van der Waals surface area contributed by atoms with Crippen LogP contribution in [0.5, 0.6) is 0 Å². The number of hydrogen-bond acceptors (Lipinski definition) is 1. The molecule has 0 atom stereocenters. The molecule has 0 radical (unpaired) electrons. The number of rotatable bonds is 0. The predicted octanol–water partition coefficient (Wildman–Crippen LogP) is 8.59. The van der Waals surface area contributed by atoms with E-state index in [1.165, 1.54) is 27.5 Å². The lowest BCUT2D eigenvalue weighted by molar-refractivity contribution is 1.27. The Bertz CT molecular complexity index is 830. The van der Waals surface area contributed by atoms with Gasteiger partial charge in [0, 0.05) is 12.4 Å². The number of aryl methyl sites for hydroxylation is 3. The molecule has 1 heterocycles. The van der Waals surface area contributed by atoms with E-state index in [0.29, 0.717) is 0 Å². The van der Waals surface area contributed by atoms with Gasteiger partial charge in [0.1, 0.15) is 0 Å². The first kappa shape index (κ1) is 26.1. The van der Waals surface area contributed by atoms with Crippen molar-refractivity contribution in [3.05, 3.63) is 114 Å². The number of aromatic nitrogens is 1. The molecule has 0 saturated carbocycles. The lowest BCUT2D eigenvalue weighted by Crippen LogP contribution is -1.73. The summed E-state index contributed by atoms with van der Waals surface area (Å²) in [6.45, 7) is 14.2. The second kappa shape index (κ2) is 17.2. The van der Waals surface area contributed by atoms with Crippen molar-refractivity contribution >= 4 is 10.8 Å². The minimum atomic E-state index is 1.21. The van der Waals surface area contributed by atoms with Crippen LogP contribution in [0.2, 0.25) is 0 Å². The highest BCUT2D eigenvalue weighted by molar-refractivity contribution is 5.82. The summed E-state index contributed by atoms with van der Waals surface area (Å²) in [5, 5.41) is 2.64. The second-order valence-corrected chi connectivity index (χ2v) is 6.04. The van der Waals surface area contributed by atoms with Crippen LogP contribution >= 0.6 is 0 Å². The molecule has 0 aliphatic carbocycles. The molecule has 0 aliphatic rings. The van der Waals surface area contributed by atoms with Crippen LogP contribution in [-0.4, -0.2) is 4.98 Å². The minimum absolute atomic E-state index is 1.21. The van der Waals surface area contributed by atoms with E-state index in [-0.39, 0.29) is 0 Å². The maximum Gasteiger partial charge on any atom is 0.0297 e. The van der Waals surface area contributed by atoms with Gasteiger partial charge in [-0.3, -0.25) is 4.98 Å². The van der Waals surface area contributed by atoms with E-state index in [1.807, 2.05) is 71.1 Å². The molecule has 0 bridgehead atoms. The average Bonchev–Trinajstić information content (AvgIpc) is 2.78. The first-order chi connectivity index (χ1) is 14.1. The second-order valence-electron chi connectivity index (χ2n) is 6.04. The normalized spacial score (nSPS) is 8.52. The first-order valence-corrected chi connectivity index (χ1v) is 10.5. The number of benzene rings is 3. The molecular weight excluding hydrogens is 350 g/mol. The summed E-state index contributed by atoms with van der Waals surface area (Å²) < 4.78 is 0. The third-order valence-corrected chi connectivity index (χ3v) is 3.65. The summed E-state index contributed by atoms with van der Waals surface area (Å²) in [6.07, 6.45) is 3.60. The van der Waals surface area contributed by atoms with Gasteiger partial charge in [-0.15, -0.1) is 0 Å². The molecule has 0 saturated heterocycles. The maximum absolute atomic E-state index is 3.88. The molecule has 29 heavy (non-hydrogen) atoms. The van der Waals surface area contributed by atoms with Crippen molar-refractivity contribution in [2.45, 2.75) is 48.5 Å². The summed E-state index contributed by atoms with van der Waals surface area (Å²) in [5.74, 6) is 0. The molecule has 0 N–H and O–H groups in total. The van der Waals surface area contributed by atoms with Crippen LogP contribution in [0.3, 0.4) is 0 Å². The molecule has 4 aromatic rings. The molecule has 1 aromatic heterocycles. The van der Waals surface area contributed by atoms with E-state index in [9.17, 15) is 0 Å². The lowest BCUT2D eigenvalue weighted by atomic mass is 10.1. The van der Waals surface area contributed by atoms with E-state index in [4.69, 9.17) is 0 Å². The monoisotopic (exact) mass is 387 g/mol. The van der Waals surface area contributed by atoms with Crippen molar-refractivity contribution < 1.29 is 0 Å². The molecule has 3 aromatic carbocycles. The van der Waals surface area contributed by atoms with Crippen molar-refractivity contribution in [2.24, 2.45) is 0 Å². The lowest BCUT2D eigenvalue weighted by Gasteiger charge is -1.96. The van der Waals surface area contributed by atoms with Gasteiger partial charge in [0.15, 0.2) is 0 Å². The highest BCUT2D eigenvalue weighted by atomic mass is 14.6. The van der Waals surface area contributed by atoms with Crippen LogP contribution in [0.15, 0.2) is 97.3 Å². The molecule has 0 spiro atoms. The molecule has 1 heteroatoms. The molecule has 1 nitrogen and oxygen atoms in total. The van der Waals surface area contributed by atoms with Gasteiger partial charge in [0.25, 0.3) is 0 Å². The molecule has 0 fully saturated rings. The standard InChI is InChI=1S/C11H10.C7H8.C6H7N.2C2H6/c1-9-6-7-10-4-2-3-5-11(10)8-9;1-7-5-3-2-4-6-7;1-6-3-2-4-7-5-6;2*1-2/h2-8H,1H3;2-6H,1H3;2-5H,1H3;2*1-2H3. The number of hydrogen-bond donors (Lipinski definition) is 0. The average molecular weight is 388 g/mol. The Morgan fingerprint density at radius 1 is 0.483 bits per heavy atom. The van der Waals surface area contributed by atoms with Crippen LogP contribution in [0.1, 0.15) is 44.4 Å². The van der Waals surface area contributed by atoms with Crippen LogP contribution in [0.25, 0.3) is 10.8 Å². The third-order valence-electron chi connectivity index (χ3n) is 3.65. The third kappa shape index (κ3) is 12.2. The molecule has 154 valence electrons. The summed E-state index contributed by atoms with van der Waals surface area (Å²) in [4.78, 5) is 3.88. The number of fused-ring (bicyclic) bond motifs is 1. The van der Waals surface area contributed by atoms with E-state index in [1.54, 1.807) is 6.20 Å². The van der Waals surface area contributed by atoms with Crippen molar-refractivity contribution in [1.29, 1.82) is 0 Å². The van der Waals surface area contributed by atoms with Crippen LogP contribution in [-0.2, 0) is 0 Å². The van der Waals surface area contributed by atoms with E-state index in [0.717, 1.165) is 0 Å². The predicted molar refractivity (Wildman–Crippen MR) is 132 cm³/mol. The highest BCUT2D eigenvalue weighted by Crippen LogP contribution is 2.14. The van der Waals surface area contributed by atoms with E-state index in [2.05, 4.69) is 73.4 Å². The zero-order valence-electron chi connectivity index (χ0n) is 19.2. The van der Waals surface area contributed by atoms with E-state index >= 15 is 0 Å². The van der Waals surface area contributed by atoms with Crippen LogP contribution in [0.4, 0.5) is 0 Å². The fourth-order valence-electron chi connectivity index (χ4n) is 2.29. The number of nitrogens with zero attached hydrogens (tertiary/aromatic N) is 1. The van der Waals surface area contributed by atoms with Gasteiger partial charge in [-0.25, -0.2) is 0 Å². The van der Waals surface area contributed by atoms with E-state index < -0.39 is 0 Å². The van der Waals surface area contributed by atoms with Crippen LogP contribution in [0, 0.1) is 20.8 Å². The Morgan fingerprint density at radius 2 is 1.03 bits per heavy atom. The van der Waals surface area contributed by atoms with Crippen molar-refractivity contribution in [1.82, 2.24) is 4.98 Å². The summed E-state index contributed by atoms with van der Waals surface area (Å²) in [7, 11) is 0.